The van der Waals surface area contributed by atoms with Crippen molar-refractivity contribution in [2.24, 2.45) is 0 Å². The van der Waals surface area contributed by atoms with Crippen LogP contribution in [0, 0.1) is 0 Å². The first-order valence-electron chi connectivity index (χ1n) is 6.67. The lowest BCUT2D eigenvalue weighted by atomic mass is 10.1. The number of hydrogen-bond donors (Lipinski definition) is 1. The quantitative estimate of drug-likeness (QED) is 0.870. The molecule has 0 amide bonds. The van der Waals surface area contributed by atoms with E-state index in [0.29, 0.717) is 18.1 Å². The lowest BCUT2D eigenvalue weighted by Gasteiger charge is -2.13. The van der Waals surface area contributed by atoms with Gasteiger partial charge in [0.2, 0.25) is 5.88 Å². The van der Waals surface area contributed by atoms with Crippen molar-refractivity contribution < 1.29 is 14.6 Å². The van der Waals surface area contributed by atoms with Crippen LogP contribution in [0.3, 0.4) is 0 Å². The van der Waals surface area contributed by atoms with Crippen molar-refractivity contribution in [2.75, 3.05) is 13.7 Å². The fraction of sp³-hybridized carbons (Fsp3) is 0.333. The molecule has 2 rings (SSSR count). The smallest absolute Gasteiger partial charge is 0.267 e. The highest BCUT2D eigenvalue weighted by atomic mass is 16.5. The van der Waals surface area contributed by atoms with Crippen molar-refractivity contribution in [3.05, 3.63) is 52.3 Å². The highest BCUT2D eigenvalue weighted by molar-refractivity contribution is 5.28. The molecular weight excluding hydrogens is 272 g/mol. The number of aliphatic hydroxyl groups excluding tert-OH is 1. The van der Waals surface area contributed by atoms with E-state index in [1.165, 1.54) is 23.9 Å². The molecule has 0 aliphatic carbocycles. The zero-order valence-electron chi connectivity index (χ0n) is 12.0. The molecule has 0 saturated heterocycles. The molecule has 2 aromatic rings. The van der Waals surface area contributed by atoms with Crippen LogP contribution in [0.2, 0.25) is 0 Å². The summed E-state index contributed by atoms with van der Waals surface area (Å²) < 4.78 is 11.5. The number of hydrogen-bond acceptors (Lipinski definition) is 5. The van der Waals surface area contributed by atoms with Crippen LogP contribution in [-0.2, 0) is 6.54 Å². The number of benzene rings is 1. The van der Waals surface area contributed by atoms with E-state index in [-0.39, 0.29) is 12.1 Å². The fourth-order valence-electron chi connectivity index (χ4n) is 1.89. The third kappa shape index (κ3) is 3.82. The maximum absolute atomic E-state index is 11.7. The number of ether oxygens (including phenoxy) is 2. The molecule has 0 aliphatic heterocycles. The van der Waals surface area contributed by atoms with Gasteiger partial charge in [-0.15, -0.1) is 5.10 Å². The molecule has 1 aromatic heterocycles. The molecule has 0 spiro atoms. The van der Waals surface area contributed by atoms with E-state index in [1.807, 2.05) is 6.92 Å². The number of nitrogens with zero attached hydrogens (tertiary/aromatic N) is 2. The Kier molecular flexibility index (Phi) is 4.94. The van der Waals surface area contributed by atoms with Crippen molar-refractivity contribution in [3.8, 4) is 11.6 Å². The van der Waals surface area contributed by atoms with Crippen LogP contribution >= 0.6 is 0 Å². The highest BCUT2D eigenvalue weighted by Gasteiger charge is 2.11. The topological polar surface area (TPSA) is 73.6 Å². The summed E-state index contributed by atoms with van der Waals surface area (Å²) in [4.78, 5) is 11.7. The average molecular weight is 290 g/mol. The predicted octanol–water partition coefficient (Wildman–Crippen LogP) is 1.38. The van der Waals surface area contributed by atoms with Crippen molar-refractivity contribution >= 4 is 0 Å². The van der Waals surface area contributed by atoms with Crippen LogP contribution in [0.25, 0.3) is 0 Å². The Bertz CT molecular complexity index is 637. The normalized spacial score (nSPS) is 12.0. The third-order valence-electron chi connectivity index (χ3n) is 2.97. The summed E-state index contributed by atoms with van der Waals surface area (Å²) in [5.74, 6) is 1.07. The molecule has 0 fully saturated rings. The summed E-state index contributed by atoms with van der Waals surface area (Å²) in [6, 6.07) is 9.94. The summed E-state index contributed by atoms with van der Waals surface area (Å²) in [6.45, 7) is 2.55. The van der Waals surface area contributed by atoms with Gasteiger partial charge in [0.25, 0.3) is 5.56 Å². The average Bonchev–Trinajstić information content (AvgIpc) is 2.50. The van der Waals surface area contributed by atoms with Crippen molar-refractivity contribution in [2.45, 2.75) is 19.6 Å². The van der Waals surface area contributed by atoms with Crippen LogP contribution in [0.15, 0.2) is 41.2 Å². The van der Waals surface area contributed by atoms with E-state index in [0.717, 1.165) is 5.75 Å². The Morgan fingerprint density at radius 3 is 2.57 bits per heavy atom. The Hall–Kier alpha value is -2.34. The molecule has 1 unspecified atom stereocenters. The summed E-state index contributed by atoms with van der Waals surface area (Å²) in [6.07, 6.45) is -0.835. The van der Waals surface area contributed by atoms with E-state index < -0.39 is 6.10 Å². The van der Waals surface area contributed by atoms with Crippen LogP contribution in [-0.4, -0.2) is 28.6 Å². The van der Waals surface area contributed by atoms with Crippen LogP contribution in [0.1, 0.15) is 18.6 Å². The lowest BCUT2D eigenvalue weighted by molar-refractivity contribution is 0.148. The zero-order valence-corrected chi connectivity index (χ0v) is 12.0. The minimum absolute atomic E-state index is 0.0595. The van der Waals surface area contributed by atoms with Crippen LogP contribution in [0.4, 0.5) is 0 Å². The molecule has 0 radical (unpaired) electrons. The second-order valence-corrected chi connectivity index (χ2v) is 4.41. The third-order valence-corrected chi connectivity index (χ3v) is 2.97. The van der Waals surface area contributed by atoms with Gasteiger partial charge in [0.1, 0.15) is 5.75 Å². The summed E-state index contributed by atoms with van der Waals surface area (Å²) >= 11 is 0. The molecule has 112 valence electrons. The second kappa shape index (κ2) is 6.90. The Labute approximate surface area is 122 Å². The zero-order chi connectivity index (χ0) is 15.2. The second-order valence-electron chi connectivity index (χ2n) is 4.41. The molecule has 1 atom stereocenters. The number of methoxy groups -OCH3 is 1. The van der Waals surface area contributed by atoms with Gasteiger partial charge >= 0.3 is 0 Å². The Morgan fingerprint density at radius 1 is 1.24 bits per heavy atom. The van der Waals surface area contributed by atoms with Gasteiger partial charge in [-0.1, -0.05) is 12.1 Å². The summed E-state index contributed by atoms with van der Waals surface area (Å²) in [5.41, 5.74) is 0.399. The van der Waals surface area contributed by atoms with Gasteiger partial charge in [0.15, 0.2) is 0 Å². The van der Waals surface area contributed by atoms with Crippen LogP contribution < -0.4 is 15.0 Å². The number of aliphatic hydroxyl groups is 1. The first kappa shape index (κ1) is 15.1. The standard InChI is InChI=1S/C15H18N2O4/c1-3-21-12-6-4-11(5-7-12)13(18)10-17-15(19)9-8-14(16-17)20-2/h4-9,13,18H,3,10H2,1-2H3. The largest absolute Gasteiger partial charge is 0.494 e. The minimum atomic E-state index is -0.835. The molecule has 21 heavy (non-hydrogen) atoms. The lowest BCUT2D eigenvalue weighted by Crippen LogP contribution is -2.25. The molecule has 0 bridgehead atoms. The van der Waals surface area contributed by atoms with E-state index >= 15 is 0 Å². The van der Waals surface area contributed by atoms with Gasteiger partial charge in [0.05, 0.1) is 26.4 Å². The molecule has 1 N–H and O–H groups in total. The van der Waals surface area contributed by atoms with Gasteiger partial charge in [-0.25, -0.2) is 4.68 Å². The first-order valence-corrected chi connectivity index (χ1v) is 6.67. The van der Waals surface area contributed by atoms with Crippen molar-refractivity contribution in [1.82, 2.24) is 9.78 Å². The van der Waals surface area contributed by atoms with Gasteiger partial charge in [-0.05, 0) is 24.6 Å². The van der Waals surface area contributed by atoms with Gasteiger partial charge in [-0.2, -0.15) is 0 Å². The molecule has 0 saturated carbocycles. The Morgan fingerprint density at radius 2 is 1.95 bits per heavy atom. The molecule has 1 aromatic carbocycles. The van der Waals surface area contributed by atoms with Gasteiger partial charge < -0.3 is 14.6 Å². The van der Waals surface area contributed by atoms with E-state index in [2.05, 4.69) is 5.10 Å². The molecule has 0 aliphatic rings. The van der Waals surface area contributed by atoms with Crippen molar-refractivity contribution in [3.63, 3.8) is 0 Å². The van der Waals surface area contributed by atoms with E-state index in [9.17, 15) is 9.90 Å². The summed E-state index contributed by atoms with van der Waals surface area (Å²) in [7, 11) is 1.47. The maximum atomic E-state index is 11.7. The first-order chi connectivity index (χ1) is 10.1. The van der Waals surface area contributed by atoms with Gasteiger partial charge in [0, 0.05) is 12.1 Å². The minimum Gasteiger partial charge on any atom is -0.494 e. The number of aromatic nitrogens is 2. The molecule has 6 nitrogen and oxygen atoms in total. The molecular formula is C15H18N2O4. The fourth-order valence-corrected chi connectivity index (χ4v) is 1.89. The summed E-state index contributed by atoms with van der Waals surface area (Å²) in [5, 5.41) is 14.2. The van der Waals surface area contributed by atoms with Crippen LogP contribution in [0.5, 0.6) is 11.6 Å². The van der Waals surface area contributed by atoms with E-state index in [4.69, 9.17) is 9.47 Å². The van der Waals surface area contributed by atoms with Crippen molar-refractivity contribution in [1.29, 1.82) is 0 Å². The predicted molar refractivity (Wildman–Crippen MR) is 77.6 cm³/mol. The molecule has 1 heterocycles. The highest BCUT2D eigenvalue weighted by Crippen LogP contribution is 2.18. The maximum Gasteiger partial charge on any atom is 0.267 e. The Balaban J connectivity index is 2.13. The van der Waals surface area contributed by atoms with Gasteiger partial charge in [-0.3, -0.25) is 4.79 Å². The SMILES string of the molecule is CCOc1ccc(C(O)Cn2nc(OC)ccc2=O)cc1. The molecule has 6 heteroatoms. The number of rotatable bonds is 6. The monoisotopic (exact) mass is 290 g/mol. The van der Waals surface area contributed by atoms with E-state index in [1.54, 1.807) is 24.3 Å².